The molecule has 3 N–H and O–H groups in total. The van der Waals surface area contributed by atoms with Crippen LogP contribution in [-0.4, -0.2) is 96.7 Å². The molecular weight excluding hydrogens is 1400 g/mol. The molecule has 0 fully saturated rings. The molecule has 0 radical (unpaired) electrons. The quantitative estimate of drug-likeness (QED) is 0.0169. The van der Waals surface area contributed by atoms with Gasteiger partial charge in [0.05, 0.1) is 26.4 Å². The number of ether oxygens (including phenoxy) is 4. The van der Waals surface area contributed by atoms with Gasteiger partial charge in [-0.2, -0.15) is 0 Å². The largest absolute Gasteiger partial charge is 0.472 e. The van der Waals surface area contributed by atoms with E-state index in [1.165, 1.54) is 103 Å². The van der Waals surface area contributed by atoms with Crippen LogP contribution >= 0.6 is 15.6 Å². The van der Waals surface area contributed by atoms with Crippen molar-refractivity contribution in [1.82, 2.24) is 0 Å². The summed E-state index contributed by atoms with van der Waals surface area (Å²) in [4.78, 5) is 73.3. The third-order valence-electron chi connectivity index (χ3n) is 18.2. The number of hydrogen-bond donors (Lipinski definition) is 3. The Morgan fingerprint density at radius 3 is 0.759 bits per heavy atom. The fourth-order valence-corrected chi connectivity index (χ4v) is 13.2. The molecule has 0 aromatic heterocycles. The Bertz CT molecular complexity index is 2470. The van der Waals surface area contributed by atoms with E-state index in [0.29, 0.717) is 25.7 Å². The molecule has 0 aliphatic heterocycles. The summed E-state index contributed by atoms with van der Waals surface area (Å²) in [6, 6.07) is 0. The summed E-state index contributed by atoms with van der Waals surface area (Å²) in [5, 5.41) is 10.7. The Morgan fingerprint density at radius 1 is 0.269 bits per heavy atom. The van der Waals surface area contributed by atoms with Gasteiger partial charge in [0.2, 0.25) is 0 Å². The molecule has 108 heavy (non-hydrogen) atoms. The van der Waals surface area contributed by atoms with Crippen LogP contribution in [0, 0.1) is 0 Å². The van der Waals surface area contributed by atoms with Crippen molar-refractivity contribution < 1.29 is 80.2 Å². The first-order valence-corrected chi connectivity index (χ1v) is 46.1. The van der Waals surface area contributed by atoms with Gasteiger partial charge in [0.15, 0.2) is 12.2 Å². The van der Waals surface area contributed by atoms with Crippen molar-refractivity contribution in [3.05, 3.63) is 109 Å². The fraction of sp³-hybridized carbons (Fsp3) is 0.753. The lowest BCUT2D eigenvalue weighted by atomic mass is 10.0. The minimum atomic E-state index is -4.99. The highest BCUT2D eigenvalue weighted by atomic mass is 31.2. The second-order valence-electron chi connectivity index (χ2n) is 28.7. The van der Waals surface area contributed by atoms with Crippen LogP contribution in [0.1, 0.15) is 374 Å². The summed E-state index contributed by atoms with van der Waals surface area (Å²) in [5.41, 5.74) is 0. The van der Waals surface area contributed by atoms with Crippen LogP contribution in [0.5, 0.6) is 0 Å². The molecule has 5 atom stereocenters. The molecule has 624 valence electrons. The van der Waals surface area contributed by atoms with Crippen molar-refractivity contribution in [3.63, 3.8) is 0 Å². The average Bonchev–Trinajstić information content (AvgIpc) is 0.896. The molecule has 0 aliphatic rings. The van der Waals surface area contributed by atoms with Gasteiger partial charge in [0.25, 0.3) is 0 Å². The SMILES string of the molecule is CC/C=C\C/C=C\C/C=C\C/C=C\CCCCCCCCC(=O)OCC(COP(=O)(O)OCC(O)COP(=O)(O)OCC(COC(=O)CCCCCCC/C=C\C/C=C\CCCCC)OC(=O)CCCCCCCCCCCCCCCCC)OC(=O)CCCCCCCC/C=C\C/C=C\C/C=C\CCCCC. The molecular formula is C89H156O17P2. The van der Waals surface area contributed by atoms with E-state index in [2.05, 4.69) is 137 Å². The number of phosphoric acid groups is 2. The van der Waals surface area contributed by atoms with Crippen LogP contribution in [0.3, 0.4) is 0 Å². The summed E-state index contributed by atoms with van der Waals surface area (Å²) in [6.45, 7) is 4.74. The predicted octanol–water partition coefficient (Wildman–Crippen LogP) is 25.7. The highest BCUT2D eigenvalue weighted by molar-refractivity contribution is 7.47. The normalized spacial score (nSPS) is 14.3. The number of esters is 4. The zero-order valence-corrected chi connectivity index (χ0v) is 70.3. The van der Waals surface area contributed by atoms with Gasteiger partial charge in [-0.15, -0.1) is 0 Å². The number of carbonyl (C=O) groups is 4. The number of aliphatic hydroxyl groups excluding tert-OH is 1. The summed E-state index contributed by atoms with van der Waals surface area (Å²) in [6.07, 6.45) is 88.9. The minimum Gasteiger partial charge on any atom is -0.462 e. The fourth-order valence-electron chi connectivity index (χ4n) is 11.7. The van der Waals surface area contributed by atoms with Gasteiger partial charge in [-0.25, -0.2) is 9.13 Å². The Kier molecular flexibility index (Phi) is 77.6. The van der Waals surface area contributed by atoms with Crippen molar-refractivity contribution in [2.75, 3.05) is 39.6 Å². The highest BCUT2D eigenvalue weighted by Gasteiger charge is 2.30. The van der Waals surface area contributed by atoms with Crippen LogP contribution in [0.4, 0.5) is 0 Å². The summed E-state index contributed by atoms with van der Waals surface area (Å²) < 4.78 is 68.8. The number of rotatable bonds is 81. The molecule has 0 spiro atoms. The Balaban J connectivity index is 5.39. The third-order valence-corrected chi connectivity index (χ3v) is 20.1. The van der Waals surface area contributed by atoms with Gasteiger partial charge >= 0.3 is 39.5 Å². The molecule has 5 unspecified atom stereocenters. The topological polar surface area (TPSA) is 237 Å². The maximum Gasteiger partial charge on any atom is 0.472 e. The smallest absolute Gasteiger partial charge is 0.462 e. The van der Waals surface area contributed by atoms with Crippen LogP contribution in [0.2, 0.25) is 0 Å². The summed E-state index contributed by atoms with van der Waals surface area (Å²) in [7, 11) is -9.97. The first-order valence-electron chi connectivity index (χ1n) is 43.1. The van der Waals surface area contributed by atoms with E-state index in [9.17, 15) is 43.2 Å². The van der Waals surface area contributed by atoms with Crippen LogP contribution in [0.25, 0.3) is 0 Å². The third kappa shape index (κ3) is 79.8. The lowest BCUT2D eigenvalue weighted by molar-refractivity contribution is -0.161. The van der Waals surface area contributed by atoms with Crippen LogP contribution < -0.4 is 0 Å². The Labute approximate surface area is 658 Å². The second kappa shape index (κ2) is 80.8. The highest BCUT2D eigenvalue weighted by Crippen LogP contribution is 2.45. The second-order valence-corrected chi connectivity index (χ2v) is 31.7. The van der Waals surface area contributed by atoms with E-state index < -0.39 is 97.5 Å². The first-order chi connectivity index (χ1) is 52.7. The lowest BCUT2D eigenvalue weighted by Crippen LogP contribution is -2.30. The summed E-state index contributed by atoms with van der Waals surface area (Å²) in [5.74, 6) is -2.20. The van der Waals surface area contributed by atoms with E-state index in [-0.39, 0.29) is 25.7 Å². The van der Waals surface area contributed by atoms with Gasteiger partial charge in [-0.3, -0.25) is 37.3 Å². The number of allylic oxidation sites excluding steroid dienone is 18. The average molecular weight is 1560 g/mol. The number of aliphatic hydroxyl groups is 1. The molecule has 0 amide bonds. The van der Waals surface area contributed by atoms with E-state index >= 15 is 0 Å². The Morgan fingerprint density at radius 2 is 0.481 bits per heavy atom. The van der Waals surface area contributed by atoms with Gasteiger partial charge in [-0.05, 0) is 135 Å². The molecule has 0 aromatic carbocycles. The lowest BCUT2D eigenvalue weighted by Gasteiger charge is -2.21. The number of phosphoric ester groups is 2. The zero-order valence-electron chi connectivity index (χ0n) is 68.5. The first kappa shape index (κ1) is 104. The maximum atomic E-state index is 13.1. The van der Waals surface area contributed by atoms with E-state index in [1.54, 1.807) is 0 Å². The number of carbonyl (C=O) groups excluding carboxylic acids is 4. The van der Waals surface area contributed by atoms with E-state index in [0.717, 1.165) is 193 Å². The van der Waals surface area contributed by atoms with Gasteiger partial charge in [0.1, 0.15) is 19.3 Å². The van der Waals surface area contributed by atoms with E-state index in [1.807, 2.05) is 0 Å². The molecule has 0 aliphatic carbocycles. The van der Waals surface area contributed by atoms with Crippen LogP contribution in [0.15, 0.2) is 109 Å². The predicted molar refractivity (Wildman–Crippen MR) is 445 cm³/mol. The summed E-state index contributed by atoms with van der Waals surface area (Å²) >= 11 is 0. The van der Waals surface area contributed by atoms with Gasteiger partial charge in [0, 0.05) is 25.7 Å². The Hall–Kier alpha value is -4.28. The molecule has 17 nitrogen and oxygen atoms in total. The van der Waals surface area contributed by atoms with Crippen molar-refractivity contribution >= 4 is 39.5 Å². The van der Waals surface area contributed by atoms with Crippen molar-refractivity contribution in [3.8, 4) is 0 Å². The van der Waals surface area contributed by atoms with Crippen molar-refractivity contribution in [2.24, 2.45) is 0 Å². The molecule has 0 rings (SSSR count). The van der Waals surface area contributed by atoms with Crippen molar-refractivity contribution in [2.45, 2.75) is 393 Å². The molecule has 0 saturated heterocycles. The molecule has 0 bridgehead atoms. The number of hydrogen-bond acceptors (Lipinski definition) is 15. The van der Waals surface area contributed by atoms with Crippen molar-refractivity contribution in [1.29, 1.82) is 0 Å². The van der Waals surface area contributed by atoms with E-state index in [4.69, 9.17) is 37.0 Å². The molecule has 19 heteroatoms. The van der Waals surface area contributed by atoms with Gasteiger partial charge in [-0.1, -0.05) is 323 Å². The van der Waals surface area contributed by atoms with Crippen LogP contribution in [-0.2, 0) is 65.4 Å². The molecule has 0 aromatic rings. The maximum absolute atomic E-state index is 13.1. The molecule has 0 saturated carbocycles. The monoisotopic (exact) mass is 1560 g/mol. The number of unbranched alkanes of at least 4 members (excludes halogenated alkanes) is 37. The zero-order chi connectivity index (χ0) is 78.9. The standard InChI is InChI=1S/C89H156O17P2/c1-5-9-13-17-21-25-29-33-37-39-41-43-47-50-54-58-62-66-70-74-87(92)100-80-85(106-89(94)76-72-68-64-60-56-52-48-44-42-40-38-34-30-26-22-18-14-10-6-2)82-104-108(97,98)102-78-83(90)77-101-107(95,96)103-81-84(105-88(93)75-71-67-63-59-55-51-46-36-32-28-24-20-16-12-8-4)79-99-86(91)73-69-65-61-57-53-49-45-35-31-27-23-19-15-11-7-3/h9,13,21-23,25-27,33-35,37-38,41-45,83-85,90H,5-8,10-12,14-20,24,28-32,36,39-40,46-82H2,1-4H3,(H,95,96)(H,97,98)/b13-9-,25-21-,26-22-,27-23-,37-33-,38-34-,43-41-,44-42-,45-35-. The minimum absolute atomic E-state index is 0.0761. The van der Waals surface area contributed by atoms with Gasteiger partial charge < -0.3 is 33.8 Å². The molecule has 0 heterocycles.